The van der Waals surface area contributed by atoms with Crippen LogP contribution in [0.4, 0.5) is 0 Å². The molecule has 0 N–H and O–H groups in total. The zero-order valence-corrected chi connectivity index (χ0v) is 8.26. The van der Waals surface area contributed by atoms with Crippen molar-refractivity contribution in [2.75, 3.05) is 12.8 Å². The molecule has 0 saturated carbocycles. The number of carbonyl (C=O) groups is 1. The Balaban J connectivity index is 2.93. The monoisotopic (exact) mass is 191 g/mol. The molecule has 0 aromatic heterocycles. The summed E-state index contributed by atoms with van der Waals surface area (Å²) in [5.41, 5.74) is 0. The van der Waals surface area contributed by atoms with Crippen LogP contribution in [0, 0.1) is 11.8 Å². The first-order valence-corrected chi connectivity index (χ1v) is 5.70. The molecule has 0 aromatic rings. The molecule has 5 heteroatoms. The number of sulfonamides is 1. The maximum absolute atomic E-state index is 11.3. The Labute approximate surface area is 72.6 Å². The first kappa shape index (κ1) is 9.51. The molecular formula is C7H13NO3S. The summed E-state index contributed by atoms with van der Waals surface area (Å²) in [6.45, 7) is 3.98. The summed E-state index contributed by atoms with van der Waals surface area (Å²) in [6, 6.07) is 0. The number of carbonyl (C=O) groups excluding carboxylic acids is 1. The van der Waals surface area contributed by atoms with E-state index in [4.69, 9.17) is 0 Å². The molecule has 1 heterocycles. The van der Waals surface area contributed by atoms with Crippen molar-refractivity contribution < 1.29 is 13.2 Å². The van der Waals surface area contributed by atoms with Crippen molar-refractivity contribution in [3.8, 4) is 0 Å². The SMILES string of the molecule is C[C@H]1CN(S(C)(=O)=O)C(=O)[C@@H]1C. The lowest BCUT2D eigenvalue weighted by Crippen LogP contribution is -2.32. The number of amides is 1. The van der Waals surface area contributed by atoms with Gasteiger partial charge >= 0.3 is 0 Å². The van der Waals surface area contributed by atoms with Gasteiger partial charge in [-0.05, 0) is 5.92 Å². The van der Waals surface area contributed by atoms with Crippen LogP contribution in [0.5, 0.6) is 0 Å². The average molecular weight is 191 g/mol. The lowest BCUT2D eigenvalue weighted by Gasteiger charge is -2.12. The van der Waals surface area contributed by atoms with E-state index in [9.17, 15) is 13.2 Å². The van der Waals surface area contributed by atoms with Gasteiger partial charge in [-0.15, -0.1) is 0 Å². The van der Waals surface area contributed by atoms with E-state index in [1.807, 2.05) is 6.92 Å². The van der Waals surface area contributed by atoms with Crippen LogP contribution in [-0.2, 0) is 14.8 Å². The van der Waals surface area contributed by atoms with Crippen LogP contribution in [0.2, 0.25) is 0 Å². The Morgan fingerprint density at radius 1 is 1.42 bits per heavy atom. The zero-order valence-electron chi connectivity index (χ0n) is 7.44. The summed E-state index contributed by atoms with van der Waals surface area (Å²) in [5, 5.41) is 0. The van der Waals surface area contributed by atoms with Crippen molar-refractivity contribution >= 4 is 15.9 Å². The Morgan fingerprint density at radius 2 is 1.92 bits per heavy atom. The molecule has 1 aliphatic heterocycles. The molecule has 2 atom stereocenters. The Bertz CT molecular complexity index is 296. The molecule has 0 aliphatic carbocycles. The second-order valence-corrected chi connectivity index (χ2v) is 5.31. The second-order valence-electron chi connectivity index (χ2n) is 3.40. The molecule has 1 aliphatic rings. The second kappa shape index (κ2) is 2.73. The molecule has 0 unspecified atom stereocenters. The van der Waals surface area contributed by atoms with Gasteiger partial charge in [-0.25, -0.2) is 12.7 Å². The van der Waals surface area contributed by atoms with E-state index in [-0.39, 0.29) is 17.7 Å². The molecule has 0 bridgehead atoms. The van der Waals surface area contributed by atoms with Gasteiger partial charge in [0.2, 0.25) is 15.9 Å². The van der Waals surface area contributed by atoms with Crippen LogP contribution in [0.25, 0.3) is 0 Å². The number of rotatable bonds is 1. The van der Waals surface area contributed by atoms with Crippen LogP contribution >= 0.6 is 0 Å². The van der Waals surface area contributed by atoms with Crippen LogP contribution in [0.15, 0.2) is 0 Å². The maximum atomic E-state index is 11.3. The Kier molecular flexibility index (Phi) is 2.16. The predicted molar refractivity (Wildman–Crippen MR) is 44.9 cm³/mol. The smallest absolute Gasteiger partial charge is 0.239 e. The summed E-state index contributed by atoms with van der Waals surface area (Å²) in [6.07, 6.45) is 1.07. The fraction of sp³-hybridized carbons (Fsp3) is 0.857. The van der Waals surface area contributed by atoms with E-state index in [0.717, 1.165) is 10.6 Å². The quantitative estimate of drug-likeness (QED) is 0.589. The van der Waals surface area contributed by atoms with Crippen molar-refractivity contribution in [2.24, 2.45) is 11.8 Å². The number of hydrogen-bond donors (Lipinski definition) is 0. The summed E-state index contributed by atoms with van der Waals surface area (Å²) < 4.78 is 23.0. The van der Waals surface area contributed by atoms with Crippen molar-refractivity contribution in [3.63, 3.8) is 0 Å². The maximum Gasteiger partial charge on any atom is 0.239 e. The van der Waals surface area contributed by atoms with Crippen molar-refractivity contribution in [1.82, 2.24) is 4.31 Å². The zero-order chi connectivity index (χ0) is 9.52. The third-order valence-electron chi connectivity index (χ3n) is 2.34. The lowest BCUT2D eigenvalue weighted by atomic mass is 10.0. The molecular weight excluding hydrogens is 178 g/mol. The van der Waals surface area contributed by atoms with E-state index < -0.39 is 10.0 Å². The minimum absolute atomic E-state index is 0.132. The average Bonchev–Trinajstić information content (AvgIpc) is 2.15. The predicted octanol–water partition coefficient (Wildman–Crippen LogP) is 0.0604. The van der Waals surface area contributed by atoms with E-state index in [1.54, 1.807) is 6.92 Å². The van der Waals surface area contributed by atoms with Gasteiger partial charge in [-0.3, -0.25) is 4.79 Å². The molecule has 0 spiro atoms. The molecule has 1 saturated heterocycles. The molecule has 0 radical (unpaired) electrons. The van der Waals surface area contributed by atoms with Crippen LogP contribution < -0.4 is 0 Å². The lowest BCUT2D eigenvalue weighted by molar-refractivity contribution is -0.126. The molecule has 1 amide bonds. The number of nitrogens with zero attached hydrogens (tertiary/aromatic N) is 1. The first-order chi connectivity index (χ1) is 5.34. The van der Waals surface area contributed by atoms with Crippen LogP contribution in [0.3, 0.4) is 0 Å². The highest BCUT2D eigenvalue weighted by atomic mass is 32.2. The largest absolute Gasteiger partial charge is 0.273 e. The van der Waals surface area contributed by atoms with Gasteiger partial charge < -0.3 is 0 Å². The summed E-state index contributed by atoms with van der Waals surface area (Å²) in [4.78, 5) is 11.3. The molecule has 4 nitrogen and oxygen atoms in total. The summed E-state index contributed by atoms with van der Waals surface area (Å²) in [7, 11) is -3.33. The normalized spacial score (nSPS) is 31.2. The highest BCUT2D eigenvalue weighted by Crippen LogP contribution is 2.25. The van der Waals surface area contributed by atoms with E-state index in [2.05, 4.69) is 0 Å². The van der Waals surface area contributed by atoms with Crippen LogP contribution in [0.1, 0.15) is 13.8 Å². The third kappa shape index (κ3) is 1.46. The van der Waals surface area contributed by atoms with Gasteiger partial charge in [-0.2, -0.15) is 0 Å². The summed E-state index contributed by atoms with van der Waals surface area (Å²) >= 11 is 0. The van der Waals surface area contributed by atoms with Crippen molar-refractivity contribution in [2.45, 2.75) is 13.8 Å². The van der Waals surface area contributed by atoms with Gasteiger partial charge in [0, 0.05) is 12.5 Å². The topological polar surface area (TPSA) is 54.5 Å². The van der Waals surface area contributed by atoms with E-state index in [0.29, 0.717) is 6.54 Å². The standard InChI is InChI=1S/C7H13NO3S/c1-5-4-8(12(3,10)11)7(9)6(5)2/h5-6H,4H2,1-3H3/t5-,6+/m0/s1. The van der Waals surface area contributed by atoms with E-state index >= 15 is 0 Å². The van der Waals surface area contributed by atoms with Crippen molar-refractivity contribution in [1.29, 1.82) is 0 Å². The fourth-order valence-electron chi connectivity index (χ4n) is 1.28. The van der Waals surface area contributed by atoms with Gasteiger partial charge in [0.25, 0.3) is 0 Å². The van der Waals surface area contributed by atoms with Gasteiger partial charge in [-0.1, -0.05) is 13.8 Å². The highest BCUT2D eigenvalue weighted by Gasteiger charge is 2.38. The van der Waals surface area contributed by atoms with Gasteiger partial charge in [0.15, 0.2) is 0 Å². The van der Waals surface area contributed by atoms with Gasteiger partial charge in [0.1, 0.15) is 0 Å². The van der Waals surface area contributed by atoms with Crippen LogP contribution in [-0.4, -0.2) is 31.4 Å². The Morgan fingerprint density at radius 3 is 2.08 bits per heavy atom. The molecule has 1 rings (SSSR count). The van der Waals surface area contributed by atoms with Gasteiger partial charge in [0.05, 0.1) is 6.26 Å². The molecule has 12 heavy (non-hydrogen) atoms. The highest BCUT2D eigenvalue weighted by molar-refractivity contribution is 7.88. The minimum atomic E-state index is -3.33. The third-order valence-corrected chi connectivity index (χ3v) is 3.47. The fourth-order valence-corrected chi connectivity index (χ4v) is 2.28. The number of hydrogen-bond acceptors (Lipinski definition) is 3. The summed E-state index contributed by atoms with van der Waals surface area (Å²) in [5.74, 6) is -0.308. The first-order valence-electron chi connectivity index (χ1n) is 3.85. The molecule has 0 aromatic carbocycles. The Hall–Kier alpha value is -0.580. The van der Waals surface area contributed by atoms with E-state index in [1.165, 1.54) is 0 Å². The molecule has 1 fully saturated rings. The molecule has 70 valence electrons. The minimum Gasteiger partial charge on any atom is -0.273 e. The van der Waals surface area contributed by atoms with Crippen molar-refractivity contribution in [3.05, 3.63) is 0 Å².